The molecule has 2 aliphatic rings. The summed E-state index contributed by atoms with van der Waals surface area (Å²) >= 11 is 0. The molecule has 7 heteroatoms. The Balaban J connectivity index is 1.54. The topological polar surface area (TPSA) is 69.3 Å². The second kappa shape index (κ2) is 6.90. The SMILES string of the molecule is O=C(Cc1ccccc1F)N1CCc2c(nc(N3CCCC3)[nH]c2=O)C1. The van der Waals surface area contributed by atoms with Crippen molar-refractivity contribution in [1.29, 1.82) is 0 Å². The molecule has 136 valence electrons. The maximum atomic E-state index is 13.8. The van der Waals surface area contributed by atoms with Crippen molar-refractivity contribution >= 4 is 11.9 Å². The zero-order valence-corrected chi connectivity index (χ0v) is 14.5. The number of aromatic nitrogens is 2. The molecule has 1 aromatic heterocycles. The number of amides is 1. The molecule has 1 fully saturated rings. The van der Waals surface area contributed by atoms with E-state index in [1.807, 2.05) is 0 Å². The minimum Gasteiger partial charge on any atom is -0.342 e. The molecule has 2 aliphatic heterocycles. The largest absolute Gasteiger partial charge is 0.342 e. The Morgan fingerprint density at radius 1 is 1.19 bits per heavy atom. The number of halogens is 1. The summed E-state index contributed by atoms with van der Waals surface area (Å²) in [7, 11) is 0. The number of carbonyl (C=O) groups is 1. The fraction of sp³-hybridized carbons (Fsp3) is 0.421. The number of H-pyrrole nitrogens is 1. The van der Waals surface area contributed by atoms with Crippen molar-refractivity contribution in [2.45, 2.75) is 32.2 Å². The van der Waals surface area contributed by atoms with Gasteiger partial charge in [-0.1, -0.05) is 18.2 Å². The van der Waals surface area contributed by atoms with Gasteiger partial charge in [0.05, 0.1) is 18.7 Å². The van der Waals surface area contributed by atoms with Crippen molar-refractivity contribution in [3.05, 3.63) is 57.3 Å². The standard InChI is InChI=1S/C19H21FN4O2/c20-15-6-2-1-5-13(15)11-17(25)24-10-7-14-16(12-24)21-19(22-18(14)26)23-8-3-4-9-23/h1-2,5-6H,3-4,7-12H2,(H,21,22,26). The van der Waals surface area contributed by atoms with Crippen molar-refractivity contribution in [2.24, 2.45) is 0 Å². The molecule has 1 aromatic carbocycles. The van der Waals surface area contributed by atoms with Gasteiger partial charge in [-0.3, -0.25) is 14.6 Å². The van der Waals surface area contributed by atoms with Crippen LogP contribution in [0.1, 0.15) is 29.7 Å². The molecule has 1 amide bonds. The van der Waals surface area contributed by atoms with Gasteiger partial charge < -0.3 is 9.80 Å². The summed E-state index contributed by atoms with van der Waals surface area (Å²) in [5, 5.41) is 0. The summed E-state index contributed by atoms with van der Waals surface area (Å²) in [6.45, 7) is 2.52. The lowest BCUT2D eigenvalue weighted by Crippen LogP contribution is -2.40. The number of fused-ring (bicyclic) bond motifs is 1. The first-order valence-electron chi connectivity index (χ1n) is 9.00. The molecule has 6 nitrogen and oxygen atoms in total. The van der Waals surface area contributed by atoms with Gasteiger partial charge in [-0.05, 0) is 30.9 Å². The van der Waals surface area contributed by atoms with Crippen LogP contribution >= 0.6 is 0 Å². The first-order valence-corrected chi connectivity index (χ1v) is 9.00. The van der Waals surface area contributed by atoms with E-state index in [0.29, 0.717) is 42.3 Å². The fourth-order valence-corrected chi connectivity index (χ4v) is 3.63. The van der Waals surface area contributed by atoms with Crippen LogP contribution in [0.5, 0.6) is 0 Å². The van der Waals surface area contributed by atoms with Gasteiger partial charge in [0.2, 0.25) is 11.9 Å². The lowest BCUT2D eigenvalue weighted by Gasteiger charge is -2.29. The van der Waals surface area contributed by atoms with Gasteiger partial charge in [0.25, 0.3) is 5.56 Å². The predicted molar refractivity (Wildman–Crippen MR) is 95.5 cm³/mol. The molecule has 1 N–H and O–H groups in total. The number of anilines is 1. The van der Waals surface area contributed by atoms with Crippen LogP contribution in [0.3, 0.4) is 0 Å². The maximum absolute atomic E-state index is 13.8. The molecule has 4 rings (SSSR count). The second-order valence-corrected chi connectivity index (χ2v) is 6.84. The average Bonchev–Trinajstić information content (AvgIpc) is 3.18. The first kappa shape index (κ1) is 16.8. The summed E-state index contributed by atoms with van der Waals surface area (Å²) in [5.74, 6) is 0.0735. The van der Waals surface area contributed by atoms with Crippen molar-refractivity contribution in [3.8, 4) is 0 Å². The smallest absolute Gasteiger partial charge is 0.255 e. The molecule has 3 heterocycles. The van der Waals surface area contributed by atoms with E-state index >= 15 is 0 Å². The van der Waals surface area contributed by atoms with Crippen LogP contribution in [-0.2, 0) is 24.2 Å². The molecule has 0 unspecified atom stereocenters. The fourth-order valence-electron chi connectivity index (χ4n) is 3.63. The molecular formula is C19H21FN4O2. The Kier molecular flexibility index (Phi) is 4.44. The summed E-state index contributed by atoms with van der Waals surface area (Å²) in [4.78, 5) is 36.2. The number of hydrogen-bond acceptors (Lipinski definition) is 4. The molecule has 0 aliphatic carbocycles. The second-order valence-electron chi connectivity index (χ2n) is 6.84. The minimum absolute atomic E-state index is 0.0180. The van der Waals surface area contributed by atoms with E-state index < -0.39 is 0 Å². The van der Waals surface area contributed by atoms with Crippen LogP contribution < -0.4 is 10.5 Å². The van der Waals surface area contributed by atoms with Crippen LogP contribution in [0.4, 0.5) is 10.3 Å². The molecule has 0 spiro atoms. The van der Waals surface area contributed by atoms with E-state index in [0.717, 1.165) is 25.9 Å². The van der Waals surface area contributed by atoms with Crippen LogP contribution in [0, 0.1) is 5.82 Å². The third kappa shape index (κ3) is 3.21. The van der Waals surface area contributed by atoms with Crippen LogP contribution in [0.15, 0.2) is 29.1 Å². The monoisotopic (exact) mass is 356 g/mol. The number of benzene rings is 1. The third-order valence-corrected chi connectivity index (χ3v) is 5.12. The number of nitrogens with zero attached hydrogens (tertiary/aromatic N) is 3. The number of aromatic amines is 1. The van der Waals surface area contributed by atoms with E-state index in [-0.39, 0.29) is 23.7 Å². The first-order chi connectivity index (χ1) is 12.6. The molecule has 0 atom stereocenters. The Morgan fingerprint density at radius 3 is 2.73 bits per heavy atom. The van der Waals surface area contributed by atoms with Gasteiger partial charge in [-0.2, -0.15) is 0 Å². The molecule has 26 heavy (non-hydrogen) atoms. The summed E-state index contributed by atoms with van der Waals surface area (Å²) in [6.07, 6.45) is 2.67. The van der Waals surface area contributed by atoms with Crippen molar-refractivity contribution in [3.63, 3.8) is 0 Å². The van der Waals surface area contributed by atoms with E-state index in [4.69, 9.17) is 0 Å². The van der Waals surface area contributed by atoms with Crippen LogP contribution in [-0.4, -0.2) is 40.4 Å². The van der Waals surface area contributed by atoms with Gasteiger partial charge in [0, 0.05) is 25.2 Å². The summed E-state index contributed by atoms with van der Waals surface area (Å²) < 4.78 is 13.8. The van der Waals surface area contributed by atoms with E-state index in [9.17, 15) is 14.0 Å². The highest BCUT2D eigenvalue weighted by Gasteiger charge is 2.26. The normalized spacial score (nSPS) is 16.7. The minimum atomic E-state index is -0.371. The lowest BCUT2D eigenvalue weighted by molar-refractivity contribution is -0.131. The number of rotatable bonds is 3. The maximum Gasteiger partial charge on any atom is 0.255 e. The highest BCUT2D eigenvalue weighted by Crippen LogP contribution is 2.20. The van der Waals surface area contributed by atoms with E-state index in [1.54, 1.807) is 23.1 Å². The van der Waals surface area contributed by atoms with Gasteiger partial charge in [0.15, 0.2) is 0 Å². The molecular weight excluding hydrogens is 335 g/mol. The molecule has 0 saturated carbocycles. The molecule has 0 bridgehead atoms. The van der Waals surface area contributed by atoms with Gasteiger partial charge >= 0.3 is 0 Å². The zero-order valence-electron chi connectivity index (χ0n) is 14.5. The van der Waals surface area contributed by atoms with Gasteiger partial charge in [-0.15, -0.1) is 0 Å². The number of carbonyl (C=O) groups excluding carboxylic acids is 1. The molecule has 1 saturated heterocycles. The lowest BCUT2D eigenvalue weighted by atomic mass is 10.0. The Bertz CT molecular complexity index is 889. The van der Waals surface area contributed by atoms with Gasteiger partial charge in [-0.25, -0.2) is 9.37 Å². The van der Waals surface area contributed by atoms with Crippen LogP contribution in [0.25, 0.3) is 0 Å². The van der Waals surface area contributed by atoms with Crippen molar-refractivity contribution < 1.29 is 9.18 Å². The Hall–Kier alpha value is -2.70. The molecule has 2 aromatic rings. The van der Waals surface area contributed by atoms with Crippen LogP contribution in [0.2, 0.25) is 0 Å². The third-order valence-electron chi connectivity index (χ3n) is 5.12. The van der Waals surface area contributed by atoms with E-state index in [1.165, 1.54) is 6.07 Å². The Morgan fingerprint density at radius 2 is 1.96 bits per heavy atom. The molecule has 0 radical (unpaired) electrons. The quantitative estimate of drug-likeness (QED) is 0.908. The number of hydrogen-bond donors (Lipinski definition) is 1. The van der Waals surface area contributed by atoms with E-state index in [2.05, 4.69) is 14.9 Å². The Labute approximate surface area is 150 Å². The highest BCUT2D eigenvalue weighted by atomic mass is 19.1. The predicted octanol–water partition coefficient (Wildman–Crippen LogP) is 1.64. The summed E-state index contributed by atoms with van der Waals surface area (Å²) in [6, 6.07) is 6.31. The van der Waals surface area contributed by atoms with Gasteiger partial charge in [0.1, 0.15) is 5.82 Å². The highest BCUT2D eigenvalue weighted by molar-refractivity contribution is 5.79. The van der Waals surface area contributed by atoms with Crippen molar-refractivity contribution in [1.82, 2.24) is 14.9 Å². The zero-order chi connectivity index (χ0) is 18.1. The number of nitrogens with one attached hydrogen (secondary N) is 1. The summed E-state index contributed by atoms with van der Waals surface area (Å²) in [5.41, 5.74) is 1.59. The average molecular weight is 356 g/mol. The van der Waals surface area contributed by atoms with Crippen molar-refractivity contribution in [2.75, 3.05) is 24.5 Å².